The summed E-state index contributed by atoms with van der Waals surface area (Å²) < 4.78 is 32.6. The summed E-state index contributed by atoms with van der Waals surface area (Å²) in [7, 11) is -0.825. The first-order valence-corrected chi connectivity index (χ1v) is 19.5. The third kappa shape index (κ3) is 8.99. The fourth-order valence-electron chi connectivity index (χ4n) is 5.82. The second kappa shape index (κ2) is 15.6. The first kappa shape index (κ1) is 37.0. The molecular weight excluding hydrogens is 609 g/mol. The highest BCUT2D eigenvalue weighted by molar-refractivity contribution is 6.74. The molecule has 0 bridgehead atoms. The van der Waals surface area contributed by atoms with Gasteiger partial charge in [-0.1, -0.05) is 114 Å². The third-order valence-electron chi connectivity index (χ3n) is 9.99. The number of ether oxygens (including phenoxy) is 4. The number of carbonyl (C=O) groups is 1. The molecule has 8 heteroatoms. The number of hydrogen-bond acceptors (Lipinski definition) is 7. The molecule has 6 atom stereocenters. The van der Waals surface area contributed by atoms with E-state index >= 15 is 0 Å². The summed E-state index contributed by atoms with van der Waals surface area (Å²) in [6, 6.07) is 27.4. The predicted octanol–water partition coefficient (Wildman–Crippen LogP) is 7.75. The van der Waals surface area contributed by atoms with E-state index in [1.807, 2.05) is 84.9 Å². The zero-order valence-electron chi connectivity index (χ0n) is 29.6. The van der Waals surface area contributed by atoms with E-state index in [2.05, 4.69) is 47.7 Å². The average molecular weight is 663 g/mol. The van der Waals surface area contributed by atoms with Crippen LogP contribution in [0, 0.1) is 11.3 Å². The number of hydrogen-bond donors (Lipinski definition) is 1. The lowest BCUT2D eigenvalue weighted by atomic mass is 9.69. The van der Waals surface area contributed by atoms with Crippen molar-refractivity contribution in [3.63, 3.8) is 0 Å². The third-order valence-corrected chi connectivity index (χ3v) is 14.4. The van der Waals surface area contributed by atoms with Crippen LogP contribution in [-0.2, 0) is 43.3 Å². The van der Waals surface area contributed by atoms with Crippen molar-refractivity contribution in [1.29, 1.82) is 0 Å². The number of aliphatic hydroxyl groups excluding tert-OH is 1. The Morgan fingerprint density at radius 2 is 1.23 bits per heavy atom. The van der Waals surface area contributed by atoms with Gasteiger partial charge in [-0.3, -0.25) is 4.79 Å². The summed E-state index contributed by atoms with van der Waals surface area (Å²) in [5.74, 6) is -0.245. The van der Waals surface area contributed by atoms with Gasteiger partial charge >= 0.3 is 0 Å². The fraction of sp³-hybridized carbons (Fsp3) is 0.513. The molecule has 47 heavy (non-hydrogen) atoms. The molecule has 4 rings (SSSR count). The van der Waals surface area contributed by atoms with Crippen LogP contribution in [0.3, 0.4) is 0 Å². The number of benzene rings is 3. The summed E-state index contributed by atoms with van der Waals surface area (Å²) in [4.78, 5) is 14.5. The highest BCUT2D eigenvalue weighted by Gasteiger charge is 2.57. The summed E-state index contributed by atoms with van der Waals surface area (Å²) in [5, 5.41) is 11.8. The molecular formula is C39H54O7Si. The van der Waals surface area contributed by atoms with Crippen molar-refractivity contribution in [3.05, 3.63) is 102 Å². The normalized spacial score (nSPS) is 25.2. The van der Waals surface area contributed by atoms with Gasteiger partial charge in [0.15, 0.2) is 14.1 Å². The molecule has 0 heterocycles. The van der Waals surface area contributed by atoms with E-state index in [1.54, 1.807) is 14.0 Å². The van der Waals surface area contributed by atoms with Crippen LogP contribution in [0.1, 0.15) is 58.2 Å². The molecule has 1 aliphatic carbocycles. The van der Waals surface area contributed by atoms with Crippen molar-refractivity contribution in [2.45, 2.75) is 110 Å². The minimum absolute atomic E-state index is 0.133. The van der Waals surface area contributed by atoms with Crippen LogP contribution in [-0.4, -0.2) is 56.8 Å². The van der Waals surface area contributed by atoms with Gasteiger partial charge in [0, 0.05) is 11.3 Å². The smallest absolute Gasteiger partial charge is 0.192 e. The molecule has 1 aliphatic rings. The SMILES string of the molecule is COc1ccc(CO[C@H]2[C@@H](OCc3ccccc3)[C@@H](O)[C@@H](C)C(=O)[C@H](OCc3ccccc3)[C@H](O[Si](C)(C)C(C)(C)C)C2(C)C)cc1. The minimum Gasteiger partial charge on any atom is -0.497 e. The first-order chi connectivity index (χ1) is 22.2. The van der Waals surface area contributed by atoms with Gasteiger partial charge in [0.2, 0.25) is 0 Å². The van der Waals surface area contributed by atoms with Gasteiger partial charge in [-0.25, -0.2) is 0 Å². The van der Waals surface area contributed by atoms with Gasteiger partial charge in [0.25, 0.3) is 0 Å². The standard InChI is InChI=1S/C39H54O7Si/c1-27-32(40)34(43-24-28-16-12-10-13-17-28)36(45-26-30-20-22-31(42-7)23-21-30)39(5,6)37(46-47(8,9)38(2,3)4)35(33(27)41)44-25-29-18-14-11-15-19-29/h10-23,27,32,34-37,40H,24-26H2,1-9H3/t27-,32+,34+,35+,36+,37+/m1/s1. The van der Waals surface area contributed by atoms with Gasteiger partial charge in [-0.05, 0) is 47.0 Å². The van der Waals surface area contributed by atoms with Crippen LogP contribution in [0.5, 0.6) is 5.75 Å². The van der Waals surface area contributed by atoms with Crippen LogP contribution >= 0.6 is 0 Å². The Hall–Kier alpha value is -2.85. The molecule has 256 valence electrons. The van der Waals surface area contributed by atoms with E-state index in [-0.39, 0.29) is 30.6 Å². The molecule has 3 aromatic carbocycles. The number of carbonyl (C=O) groups excluding carboxylic acids is 1. The molecule has 0 unspecified atom stereocenters. The van der Waals surface area contributed by atoms with E-state index in [4.69, 9.17) is 23.4 Å². The van der Waals surface area contributed by atoms with Crippen LogP contribution < -0.4 is 4.74 Å². The van der Waals surface area contributed by atoms with Gasteiger partial charge in [0.1, 0.15) is 18.0 Å². The molecule has 0 saturated heterocycles. The molecule has 0 amide bonds. The molecule has 0 aliphatic heterocycles. The van der Waals surface area contributed by atoms with Gasteiger partial charge < -0.3 is 28.5 Å². The topological polar surface area (TPSA) is 83.5 Å². The number of aliphatic hydroxyl groups is 1. The lowest BCUT2D eigenvalue weighted by molar-refractivity contribution is -0.220. The molecule has 7 nitrogen and oxygen atoms in total. The van der Waals surface area contributed by atoms with Crippen molar-refractivity contribution in [2.75, 3.05) is 7.11 Å². The molecule has 3 aromatic rings. The number of rotatable bonds is 12. The van der Waals surface area contributed by atoms with E-state index < -0.39 is 50.2 Å². The Morgan fingerprint density at radius 1 is 0.745 bits per heavy atom. The second-order valence-electron chi connectivity index (χ2n) is 14.9. The Morgan fingerprint density at radius 3 is 1.74 bits per heavy atom. The zero-order chi connectivity index (χ0) is 34.4. The van der Waals surface area contributed by atoms with E-state index in [0.29, 0.717) is 0 Å². The zero-order valence-corrected chi connectivity index (χ0v) is 30.6. The van der Waals surface area contributed by atoms with Crippen LogP contribution in [0.2, 0.25) is 18.1 Å². The van der Waals surface area contributed by atoms with Gasteiger partial charge in [-0.2, -0.15) is 0 Å². The van der Waals surface area contributed by atoms with Crippen molar-refractivity contribution < 1.29 is 33.3 Å². The monoisotopic (exact) mass is 662 g/mol. The summed E-state index contributed by atoms with van der Waals surface area (Å²) in [6.45, 7) is 17.6. The van der Waals surface area contributed by atoms with Crippen molar-refractivity contribution in [1.82, 2.24) is 0 Å². The van der Waals surface area contributed by atoms with Crippen LogP contribution in [0.4, 0.5) is 0 Å². The Bertz CT molecular complexity index is 1400. The molecule has 0 aromatic heterocycles. The first-order valence-electron chi connectivity index (χ1n) is 16.6. The maximum absolute atomic E-state index is 14.5. The van der Waals surface area contributed by atoms with Gasteiger partial charge in [0.05, 0.1) is 45.2 Å². The van der Waals surface area contributed by atoms with E-state index in [9.17, 15) is 9.90 Å². The van der Waals surface area contributed by atoms with Crippen molar-refractivity contribution in [3.8, 4) is 5.75 Å². The number of ketones is 1. The van der Waals surface area contributed by atoms with Crippen molar-refractivity contribution >= 4 is 14.1 Å². The lowest BCUT2D eigenvalue weighted by Crippen LogP contribution is -2.65. The summed E-state index contributed by atoms with van der Waals surface area (Å²) in [6.07, 6.45) is -4.27. The maximum Gasteiger partial charge on any atom is 0.192 e. The van der Waals surface area contributed by atoms with E-state index in [0.717, 1.165) is 22.4 Å². The fourth-order valence-corrected chi connectivity index (χ4v) is 7.24. The number of Topliss-reactive ketones (excluding diaryl/α,β-unsaturated/α-hetero) is 1. The summed E-state index contributed by atoms with van der Waals surface area (Å²) in [5.41, 5.74) is 2.02. The Kier molecular flexibility index (Phi) is 12.3. The largest absolute Gasteiger partial charge is 0.497 e. The molecule has 0 radical (unpaired) electrons. The molecule has 1 N–H and O–H groups in total. The van der Waals surface area contributed by atoms with Gasteiger partial charge in [-0.15, -0.1) is 0 Å². The number of methoxy groups -OCH3 is 1. The maximum atomic E-state index is 14.5. The minimum atomic E-state index is -2.46. The molecule has 0 spiro atoms. The van der Waals surface area contributed by atoms with E-state index in [1.165, 1.54) is 0 Å². The Labute approximate surface area is 282 Å². The van der Waals surface area contributed by atoms with Crippen molar-refractivity contribution in [2.24, 2.45) is 11.3 Å². The van der Waals surface area contributed by atoms with Crippen LogP contribution in [0.15, 0.2) is 84.9 Å². The highest BCUT2D eigenvalue weighted by Crippen LogP contribution is 2.46. The second-order valence-corrected chi connectivity index (χ2v) is 19.6. The highest BCUT2D eigenvalue weighted by atomic mass is 28.4. The Balaban J connectivity index is 1.80. The predicted molar refractivity (Wildman–Crippen MR) is 188 cm³/mol. The quantitative estimate of drug-likeness (QED) is 0.199. The van der Waals surface area contributed by atoms with Crippen LogP contribution in [0.25, 0.3) is 0 Å². The lowest BCUT2D eigenvalue weighted by Gasteiger charge is -2.52. The molecule has 1 fully saturated rings. The molecule has 1 saturated carbocycles. The average Bonchev–Trinajstić information content (AvgIpc) is 3.05. The summed E-state index contributed by atoms with van der Waals surface area (Å²) >= 11 is 0.